The molecule has 0 radical (unpaired) electrons. The highest BCUT2D eigenvalue weighted by Crippen LogP contribution is 2.41. The molecule has 3 heteroatoms. The summed E-state index contributed by atoms with van der Waals surface area (Å²) in [6.07, 6.45) is 8.48. The zero-order chi connectivity index (χ0) is 15.7. The van der Waals surface area contributed by atoms with E-state index in [1.807, 2.05) is 20.8 Å². The molecule has 2 aliphatic rings. The van der Waals surface area contributed by atoms with E-state index < -0.39 is 0 Å². The first-order valence-corrected chi connectivity index (χ1v) is 9.19. The third-order valence-electron chi connectivity index (χ3n) is 5.22. The van der Waals surface area contributed by atoms with Crippen LogP contribution in [0.4, 0.5) is 0 Å². The number of piperidine rings is 2. The minimum atomic E-state index is 0. The van der Waals surface area contributed by atoms with Gasteiger partial charge in [-0.1, -0.05) is 49.0 Å². The molecule has 23 heavy (non-hydrogen) atoms. The maximum absolute atomic E-state index is 11.7. The Labute approximate surface area is 146 Å². The van der Waals surface area contributed by atoms with E-state index in [1.54, 1.807) is 0 Å². The maximum Gasteiger partial charge on any atom is 0.222 e. The fourth-order valence-corrected chi connectivity index (χ4v) is 3.59. The van der Waals surface area contributed by atoms with Crippen molar-refractivity contribution in [3.05, 3.63) is 0 Å². The summed E-state index contributed by atoms with van der Waals surface area (Å²) in [5, 5.41) is 0. The predicted molar refractivity (Wildman–Crippen MR) is 104 cm³/mol. The summed E-state index contributed by atoms with van der Waals surface area (Å²) in [6, 6.07) is 0. The number of hydrogen-bond donors (Lipinski definition) is 0. The number of carbonyl (C=O) groups is 1. The number of amides is 1. The van der Waals surface area contributed by atoms with Crippen molar-refractivity contribution in [3.63, 3.8) is 0 Å². The number of likely N-dealkylation sites (tertiary alicyclic amines) is 2. The van der Waals surface area contributed by atoms with Crippen LogP contribution in [-0.4, -0.2) is 48.4 Å². The molecule has 2 fully saturated rings. The molecular weight excluding hydrogens is 284 g/mol. The first kappa shape index (κ1) is 24.7. The predicted octanol–water partition coefficient (Wildman–Crippen LogP) is 5.20. The molecule has 1 spiro atoms. The van der Waals surface area contributed by atoms with E-state index in [9.17, 15) is 4.79 Å². The van der Waals surface area contributed by atoms with E-state index in [4.69, 9.17) is 0 Å². The average molecular weight is 329 g/mol. The third-order valence-corrected chi connectivity index (χ3v) is 5.22. The monoisotopic (exact) mass is 328 g/mol. The Balaban J connectivity index is 0. The van der Waals surface area contributed by atoms with Crippen LogP contribution in [-0.2, 0) is 4.79 Å². The summed E-state index contributed by atoms with van der Waals surface area (Å²) in [7, 11) is 0. The lowest BCUT2D eigenvalue weighted by molar-refractivity contribution is -0.133. The van der Waals surface area contributed by atoms with Gasteiger partial charge >= 0.3 is 0 Å². The van der Waals surface area contributed by atoms with Crippen LogP contribution >= 0.6 is 0 Å². The first-order chi connectivity index (χ1) is 10.2. The molecule has 0 aromatic carbocycles. The minimum Gasteiger partial charge on any atom is -0.343 e. The lowest BCUT2D eigenvalue weighted by Crippen LogP contribution is -2.48. The summed E-state index contributed by atoms with van der Waals surface area (Å²) < 4.78 is 0. The zero-order valence-electron chi connectivity index (χ0n) is 14.8. The van der Waals surface area contributed by atoms with Gasteiger partial charge in [0.25, 0.3) is 0 Å². The Morgan fingerprint density at radius 1 is 0.913 bits per heavy atom. The van der Waals surface area contributed by atoms with Crippen LogP contribution in [0.1, 0.15) is 87.5 Å². The first-order valence-electron chi connectivity index (χ1n) is 9.19. The topological polar surface area (TPSA) is 23.6 Å². The van der Waals surface area contributed by atoms with Gasteiger partial charge in [0.2, 0.25) is 5.91 Å². The lowest BCUT2D eigenvalue weighted by Gasteiger charge is -2.47. The molecule has 3 nitrogen and oxygen atoms in total. The molecule has 0 unspecified atom stereocenters. The van der Waals surface area contributed by atoms with E-state index >= 15 is 0 Å². The van der Waals surface area contributed by atoms with Gasteiger partial charge in [-0.25, -0.2) is 0 Å². The van der Waals surface area contributed by atoms with Gasteiger partial charge in [-0.2, -0.15) is 0 Å². The Morgan fingerprint density at radius 3 is 1.83 bits per heavy atom. The molecular formula is C20H44N2O. The van der Waals surface area contributed by atoms with E-state index in [0.717, 1.165) is 13.1 Å². The molecule has 0 atom stereocenters. The second-order valence-electron chi connectivity index (χ2n) is 6.43. The van der Waals surface area contributed by atoms with Crippen molar-refractivity contribution in [1.29, 1.82) is 0 Å². The van der Waals surface area contributed by atoms with Crippen LogP contribution < -0.4 is 0 Å². The number of carbonyl (C=O) groups excluding carboxylic acids is 1. The van der Waals surface area contributed by atoms with Crippen molar-refractivity contribution in [1.82, 2.24) is 9.80 Å². The summed E-state index contributed by atoms with van der Waals surface area (Å²) in [4.78, 5) is 16.4. The fraction of sp³-hybridized carbons (Fsp3) is 0.950. The van der Waals surface area contributed by atoms with Crippen LogP contribution in [0.15, 0.2) is 0 Å². The molecule has 0 aliphatic carbocycles. The van der Waals surface area contributed by atoms with Gasteiger partial charge in [-0.3, -0.25) is 4.79 Å². The van der Waals surface area contributed by atoms with Gasteiger partial charge in [0.05, 0.1) is 0 Å². The largest absolute Gasteiger partial charge is 0.343 e. The van der Waals surface area contributed by atoms with E-state index in [0.29, 0.717) is 17.7 Å². The number of rotatable bonds is 4. The number of hydrogen-bond acceptors (Lipinski definition) is 2. The SMILES string of the molecule is C.C.CC.CCCCN1CCC2(CC1)CCN(C(=O)CC)CC2. The molecule has 2 heterocycles. The molecule has 0 saturated carbocycles. The highest BCUT2D eigenvalue weighted by molar-refractivity contribution is 5.75. The quantitative estimate of drug-likeness (QED) is 0.708. The van der Waals surface area contributed by atoms with Crippen molar-refractivity contribution in [2.24, 2.45) is 5.41 Å². The second-order valence-corrected chi connectivity index (χ2v) is 6.43. The van der Waals surface area contributed by atoms with Crippen LogP contribution in [0.2, 0.25) is 0 Å². The molecule has 1 amide bonds. The molecule has 0 aromatic heterocycles. The highest BCUT2D eigenvalue weighted by atomic mass is 16.2. The second kappa shape index (κ2) is 12.8. The zero-order valence-corrected chi connectivity index (χ0v) is 14.8. The molecule has 2 rings (SSSR count). The molecule has 140 valence electrons. The van der Waals surface area contributed by atoms with Crippen molar-refractivity contribution in [3.8, 4) is 0 Å². The van der Waals surface area contributed by atoms with Crippen LogP contribution in [0.5, 0.6) is 0 Å². The number of nitrogens with zero attached hydrogens (tertiary/aromatic N) is 2. The Bertz CT molecular complexity index is 286. The van der Waals surface area contributed by atoms with Crippen molar-refractivity contribution in [2.45, 2.75) is 87.5 Å². The molecule has 0 N–H and O–H groups in total. The Kier molecular flexibility index (Phi) is 13.7. The molecule has 0 aromatic rings. The number of unbranched alkanes of at least 4 members (excludes halogenated alkanes) is 1. The summed E-state index contributed by atoms with van der Waals surface area (Å²) in [5.41, 5.74) is 0.563. The molecule has 2 aliphatic heterocycles. The Morgan fingerprint density at radius 2 is 1.39 bits per heavy atom. The average Bonchev–Trinajstić information content (AvgIpc) is 2.56. The maximum atomic E-state index is 11.7. The van der Waals surface area contributed by atoms with E-state index in [-0.39, 0.29) is 14.9 Å². The standard InChI is InChI=1S/C16H30N2O.C2H6.2CH4/c1-3-5-10-17-11-6-16(7-12-17)8-13-18(14-9-16)15(19)4-2;1-2;;/h3-14H2,1-2H3;1-2H3;2*1H4. The van der Waals surface area contributed by atoms with Crippen molar-refractivity contribution in [2.75, 3.05) is 32.7 Å². The highest BCUT2D eigenvalue weighted by Gasteiger charge is 2.37. The van der Waals surface area contributed by atoms with Crippen molar-refractivity contribution < 1.29 is 4.79 Å². The van der Waals surface area contributed by atoms with E-state index in [1.165, 1.54) is 58.2 Å². The fourth-order valence-electron chi connectivity index (χ4n) is 3.59. The van der Waals surface area contributed by atoms with Gasteiger partial charge in [-0.15, -0.1) is 0 Å². The van der Waals surface area contributed by atoms with E-state index in [2.05, 4.69) is 16.7 Å². The third kappa shape index (κ3) is 7.24. The van der Waals surface area contributed by atoms with Crippen molar-refractivity contribution >= 4 is 5.91 Å². The van der Waals surface area contributed by atoms with Gasteiger partial charge in [0.1, 0.15) is 0 Å². The minimum absolute atomic E-state index is 0. The molecule has 0 bridgehead atoms. The van der Waals surface area contributed by atoms with Gasteiger partial charge in [0, 0.05) is 19.5 Å². The smallest absolute Gasteiger partial charge is 0.222 e. The van der Waals surface area contributed by atoms with Crippen LogP contribution in [0.3, 0.4) is 0 Å². The van der Waals surface area contributed by atoms with Gasteiger partial charge in [-0.05, 0) is 57.2 Å². The summed E-state index contributed by atoms with van der Waals surface area (Å²) >= 11 is 0. The van der Waals surface area contributed by atoms with Gasteiger partial charge < -0.3 is 9.80 Å². The van der Waals surface area contributed by atoms with Crippen LogP contribution in [0.25, 0.3) is 0 Å². The lowest BCUT2D eigenvalue weighted by atomic mass is 9.71. The summed E-state index contributed by atoms with van der Waals surface area (Å²) in [5.74, 6) is 0.343. The van der Waals surface area contributed by atoms with Gasteiger partial charge in [0.15, 0.2) is 0 Å². The normalized spacial score (nSPS) is 19.9. The molecule has 2 saturated heterocycles. The Hall–Kier alpha value is -0.570. The van der Waals surface area contributed by atoms with Crippen LogP contribution in [0, 0.1) is 5.41 Å². The summed E-state index contributed by atoms with van der Waals surface area (Å²) in [6.45, 7) is 14.1.